The number of rotatable bonds is 1. The quantitative estimate of drug-likeness (QED) is 0.677. The molecule has 0 aromatic rings. The summed E-state index contributed by atoms with van der Waals surface area (Å²) in [6, 6.07) is -0.473. The second-order valence-corrected chi connectivity index (χ2v) is 3.64. The highest BCUT2D eigenvalue weighted by atomic mass is 19.4. The molecule has 1 aliphatic rings. The maximum Gasteiger partial charge on any atom is 0.471 e. The first-order valence-electron chi connectivity index (χ1n) is 5.04. The second-order valence-electron chi connectivity index (χ2n) is 3.64. The topological polar surface area (TPSA) is 29.1 Å². The van der Waals surface area contributed by atoms with Gasteiger partial charge in [-0.2, -0.15) is 13.2 Å². The van der Waals surface area contributed by atoms with Crippen LogP contribution in [0.5, 0.6) is 0 Å². The maximum absolute atomic E-state index is 11.9. The van der Waals surface area contributed by atoms with Gasteiger partial charge in [0.2, 0.25) is 0 Å². The Morgan fingerprint density at radius 1 is 1.27 bits per heavy atom. The van der Waals surface area contributed by atoms with Crippen LogP contribution in [-0.4, -0.2) is 18.1 Å². The van der Waals surface area contributed by atoms with Gasteiger partial charge in [0.05, 0.1) is 0 Å². The fourth-order valence-electron chi connectivity index (χ4n) is 1.53. The number of alkyl halides is 3. The first-order chi connectivity index (χ1) is 7.00. The van der Waals surface area contributed by atoms with E-state index in [1.165, 1.54) is 0 Å². The summed E-state index contributed by atoms with van der Waals surface area (Å²) < 4.78 is 35.8. The molecule has 1 rings (SSSR count). The van der Waals surface area contributed by atoms with Crippen molar-refractivity contribution in [2.24, 2.45) is 0 Å². The molecule has 0 saturated heterocycles. The molecule has 1 amide bonds. The van der Waals surface area contributed by atoms with E-state index in [2.05, 4.69) is 0 Å². The van der Waals surface area contributed by atoms with E-state index in [0.717, 1.165) is 25.7 Å². The lowest BCUT2D eigenvalue weighted by molar-refractivity contribution is -0.174. The Morgan fingerprint density at radius 3 is 2.67 bits per heavy atom. The van der Waals surface area contributed by atoms with Gasteiger partial charge >= 0.3 is 12.1 Å². The predicted molar refractivity (Wildman–Crippen MR) is 50.2 cm³/mol. The maximum atomic E-state index is 11.9. The molecule has 2 nitrogen and oxygen atoms in total. The van der Waals surface area contributed by atoms with Crippen LogP contribution in [0.1, 0.15) is 32.1 Å². The Labute approximate surface area is 86.5 Å². The van der Waals surface area contributed by atoms with Crippen LogP contribution in [0.2, 0.25) is 0 Å². The van der Waals surface area contributed by atoms with Gasteiger partial charge in [-0.25, -0.2) is 0 Å². The van der Waals surface area contributed by atoms with E-state index >= 15 is 0 Å². The molecule has 0 radical (unpaired) electrons. The molecular weight excluding hydrogens is 207 g/mol. The molecule has 5 heteroatoms. The number of carbonyl (C=O) groups is 1. The molecule has 1 aliphatic carbocycles. The summed E-state index contributed by atoms with van der Waals surface area (Å²) in [6.07, 6.45) is 3.09. The summed E-state index contributed by atoms with van der Waals surface area (Å²) in [6.45, 7) is 0. The smallest absolute Gasteiger partial charge is 0.342 e. The minimum absolute atomic E-state index is 0.473. The molecule has 1 N–H and O–H groups in total. The molecule has 0 heterocycles. The third-order valence-corrected chi connectivity index (χ3v) is 2.33. The van der Waals surface area contributed by atoms with E-state index in [1.54, 1.807) is 6.08 Å². The predicted octanol–water partition coefficient (Wildman–Crippen LogP) is 2.55. The molecule has 0 saturated carbocycles. The number of halogens is 3. The molecule has 0 aromatic carbocycles. The molecule has 0 aromatic heterocycles. The number of amides is 1. The van der Waals surface area contributed by atoms with Crippen LogP contribution in [-0.2, 0) is 4.79 Å². The molecular formula is C10H14F3NO. The highest BCUT2D eigenvalue weighted by molar-refractivity contribution is 5.82. The Morgan fingerprint density at radius 2 is 2.00 bits per heavy atom. The van der Waals surface area contributed by atoms with Crippen molar-refractivity contribution in [3.8, 4) is 0 Å². The van der Waals surface area contributed by atoms with E-state index in [0.29, 0.717) is 6.42 Å². The van der Waals surface area contributed by atoms with Crippen molar-refractivity contribution in [3.63, 3.8) is 0 Å². The molecule has 1 unspecified atom stereocenters. The molecule has 86 valence electrons. The van der Waals surface area contributed by atoms with Gasteiger partial charge < -0.3 is 5.32 Å². The number of carbonyl (C=O) groups excluding carboxylic acids is 1. The number of allylic oxidation sites excluding steroid dienone is 1. The van der Waals surface area contributed by atoms with Gasteiger partial charge in [-0.05, 0) is 19.3 Å². The average molecular weight is 221 g/mol. The summed E-state index contributed by atoms with van der Waals surface area (Å²) in [5, 5.41) is 1.98. The number of nitrogens with one attached hydrogen (secondary N) is 1. The third kappa shape index (κ3) is 4.36. The van der Waals surface area contributed by atoms with Crippen LogP contribution in [0.15, 0.2) is 12.2 Å². The van der Waals surface area contributed by atoms with Gasteiger partial charge in [-0.1, -0.05) is 25.0 Å². The van der Waals surface area contributed by atoms with Gasteiger partial charge in [-0.15, -0.1) is 0 Å². The highest BCUT2D eigenvalue weighted by Gasteiger charge is 2.39. The summed E-state index contributed by atoms with van der Waals surface area (Å²) in [4.78, 5) is 10.7. The van der Waals surface area contributed by atoms with Crippen LogP contribution in [0.25, 0.3) is 0 Å². The van der Waals surface area contributed by atoms with E-state index in [1.807, 2.05) is 11.4 Å². The number of hydrogen-bond acceptors (Lipinski definition) is 1. The zero-order valence-corrected chi connectivity index (χ0v) is 8.31. The lowest BCUT2D eigenvalue weighted by Gasteiger charge is -2.17. The highest BCUT2D eigenvalue weighted by Crippen LogP contribution is 2.17. The van der Waals surface area contributed by atoms with Crippen molar-refractivity contribution in [2.75, 3.05) is 0 Å². The fraction of sp³-hybridized carbons (Fsp3) is 0.700. The van der Waals surface area contributed by atoms with Crippen LogP contribution < -0.4 is 5.32 Å². The Bertz CT molecular complexity index is 248. The molecule has 0 spiro atoms. The van der Waals surface area contributed by atoms with E-state index in [9.17, 15) is 18.0 Å². The number of hydrogen-bond donors (Lipinski definition) is 1. The first-order valence-corrected chi connectivity index (χ1v) is 5.04. The summed E-state index contributed by atoms with van der Waals surface area (Å²) >= 11 is 0. The zero-order chi connectivity index (χ0) is 11.3. The van der Waals surface area contributed by atoms with E-state index in [4.69, 9.17) is 0 Å². The largest absolute Gasteiger partial charge is 0.471 e. The SMILES string of the molecule is O=C(NC1/C=C/CCCCC1)C(F)(F)F. The van der Waals surface area contributed by atoms with E-state index in [-0.39, 0.29) is 0 Å². The van der Waals surface area contributed by atoms with Crippen molar-refractivity contribution >= 4 is 5.91 Å². The first kappa shape index (κ1) is 12.1. The minimum atomic E-state index is -4.78. The van der Waals surface area contributed by atoms with Gasteiger partial charge in [0.15, 0.2) is 0 Å². The lowest BCUT2D eigenvalue weighted by Crippen LogP contribution is -2.42. The second kappa shape index (κ2) is 5.19. The van der Waals surface area contributed by atoms with Gasteiger partial charge in [0.1, 0.15) is 0 Å². The normalized spacial score (nSPS) is 25.1. The molecule has 1 atom stereocenters. The lowest BCUT2D eigenvalue weighted by atomic mass is 10.0. The summed E-state index contributed by atoms with van der Waals surface area (Å²) in [7, 11) is 0. The Kier molecular flexibility index (Phi) is 4.17. The Hall–Kier alpha value is -1.00. The summed E-state index contributed by atoms with van der Waals surface area (Å²) in [5.41, 5.74) is 0. The van der Waals surface area contributed by atoms with Gasteiger partial charge in [-0.3, -0.25) is 4.79 Å². The van der Waals surface area contributed by atoms with Crippen LogP contribution in [0.4, 0.5) is 13.2 Å². The summed E-state index contributed by atoms with van der Waals surface area (Å²) in [5.74, 6) is -1.85. The average Bonchev–Trinajstić information content (AvgIpc) is 2.07. The molecule has 0 aliphatic heterocycles. The van der Waals surface area contributed by atoms with Crippen LogP contribution >= 0.6 is 0 Å². The molecule has 0 fully saturated rings. The third-order valence-electron chi connectivity index (χ3n) is 2.33. The van der Waals surface area contributed by atoms with Crippen molar-refractivity contribution in [2.45, 2.75) is 44.3 Å². The van der Waals surface area contributed by atoms with E-state index < -0.39 is 18.1 Å². The van der Waals surface area contributed by atoms with Crippen LogP contribution in [0.3, 0.4) is 0 Å². The van der Waals surface area contributed by atoms with Crippen molar-refractivity contribution in [1.29, 1.82) is 0 Å². The van der Waals surface area contributed by atoms with Crippen molar-refractivity contribution in [3.05, 3.63) is 12.2 Å². The van der Waals surface area contributed by atoms with Crippen LogP contribution in [0, 0.1) is 0 Å². The van der Waals surface area contributed by atoms with Gasteiger partial charge in [0, 0.05) is 6.04 Å². The molecule has 15 heavy (non-hydrogen) atoms. The fourth-order valence-corrected chi connectivity index (χ4v) is 1.53. The monoisotopic (exact) mass is 221 g/mol. The minimum Gasteiger partial charge on any atom is -0.342 e. The standard InChI is InChI=1S/C10H14F3NO/c11-10(12,13)9(15)14-8-6-4-2-1-3-5-7-8/h4,6,8H,1-3,5,7H2,(H,14,15)/b6-4+. The molecule has 0 bridgehead atoms. The zero-order valence-electron chi connectivity index (χ0n) is 8.31. The Balaban J connectivity index is 2.48. The van der Waals surface area contributed by atoms with Crippen molar-refractivity contribution < 1.29 is 18.0 Å². The van der Waals surface area contributed by atoms with Gasteiger partial charge in [0.25, 0.3) is 0 Å². The van der Waals surface area contributed by atoms with Crippen molar-refractivity contribution in [1.82, 2.24) is 5.32 Å².